The summed E-state index contributed by atoms with van der Waals surface area (Å²) in [7, 11) is 0. The van der Waals surface area contributed by atoms with Gasteiger partial charge in [-0.15, -0.1) is 23.2 Å². The Bertz CT molecular complexity index is 454. The van der Waals surface area contributed by atoms with Gasteiger partial charge in [0.15, 0.2) is 0 Å². The van der Waals surface area contributed by atoms with Gasteiger partial charge in [-0.05, 0) is 29.7 Å². The first-order chi connectivity index (χ1) is 8.24. The van der Waals surface area contributed by atoms with Crippen LogP contribution in [-0.2, 0) is 12.6 Å². The van der Waals surface area contributed by atoms with E-state index < -0.39 is 22.7 Å². The largest absolute Gasteiger partial charge is 0.416 e. The molecule has 18 heavy (non-hydrogen) atoms. The Morgan fingerprint density at radius 3 is 2.28 bits per heavy atom. The van der Waals surface area contributed by atoms with E-state index in [1.165, 1.54) is 0 Å². The van der Waals surface area contributed by atoms with Crippen molar-refractivity contribution in [1.82, 2.24) is 0 Å². The first kappa shape index (κ1) is 13.9. The fourth-order valence-corrected chi connectivity index (χ4v) is 2.47. The molecule has 0 amide bonds. The Kier molecular flexibility index (Phi) is 3.54. The van der Waals surface area contributed by atoms with Crippen molar-refractivity contribution in [2.75, 3.05) is 6.67 Å². The first-order valence-corrected chi connectivity index (χ1v) is 6.14. The van der Waals surface area contributed by atoms with E-state index in [9.17, 15) is 17.6 Å². The molecule has 0 nitrogen and oxygen atoms in total. The zero-order chi connectivity index (χ0) is 13.6. The molecule has 0 N–H and O–H groups in total. The molecule has 1 aromatic rings. The summed E-state index contributed by atoms with van der Waals surface area (Å²) < 4.78 is 49.4. The summed E-state index contributed by atoms with van der Waals surface area (Å²) in [6.07, 6.45) is -4.06. The van der Waals surface area contributed by atoms with E-state index in [0.29, 0.717) is 17.5 Å². The van der Waals surface area contributed by atoms with Crippen LogP contribution in [0.1, 0.15) is 29.0 Å². The van der Waals surface area contributed by atoms with Crippen LogP contribution in [0.2, 0.25) is 0 Å². The highest BCUT2D eigenvalue weighted by atomic mass is 35.5. The van der Waals surface area contributed by atoms with Crippen LogP contribution >= 0.6 is 23.2 Å². The molecule has 0 aliphatic heterocycles. The third-order valence-corrected chi connectivity index (χ3v) is 3.79. The molecule has 0 aromatic heterocycles. The second-order valence-electron chi connectivity index (χ2n) is 4.42. The van der Waals surface area contributed by atoms with Crippen LogP contribution in [0.5, 0.6) is 0 Å². The summed E-state index contributed by atoms with van der Waals surface area (Å²) in [5.41, 5.74) is -0.0314. The maximum atomic E-state index is 12.7. The molecule has 1 aliphatic rings. The van der Waals surface area contributed by atoms with E-state index in [4.69, 9.17) is 23.2 Å². The molecule has 1 fully saturated rings. The lowest BCUT2D eigenvalue weighted by atomic mass is 10.0. The van der Waals surface area contributed by atoms with Crippen molar-refractivity contribution < 1.29 is 17.6 Å². The molecule has 1 aromatic carbocycles. The molecular formula is C12H10Cl2F4. The minimum absolute atomic E-state index is 0.0405. The van der Waals surface area contributed by atoms with E-state index in [1.54, 1.807) is 6.07 Å². The van der Waals surface area contributed by atoms with Crippen molar-refractivity contribution in [2.24, 2.45) is 0 Å². The van der Waals surface area contributed by atoms with Crippen LogP contribution in [0, 0.1) is 0 Å². The standard InChI is InChI=1S/C12H10Cl2F4/c13-11(14)6-10(11)8-3-7(1-2-15)4-9(5-8)12(16,17)18/h3-5,10H,1-2,6H2. The second kappa shape index (κ2) is 4.57. The van der Waals surface area contributed by atoms with Gasteiger partial charge in [0, 0.05) is 12.3 Å². The van der Waals surface area contributed by atoms with Gasteiger partial charge >= 0.3 is 6.18 Å². The van der Waals surface area contributed by atoms with Gasteiger partial charge in [0.2, 0.25) is 0 Å². The van der Waals surface area contributed by atoms with Gasteiger partial charge in [0.25, 0.3) is 0 Å². The van der Waals surface area contributed by atoms with Gasteiger partial charge in [-0.2, -0.15) is 13.2 Å². The molecule has 0 heterocycles. The fraction of sp³-hybridized carbons (Fsp3) is 0.500. The van der Waals surface area contributed by atoms with Gasteiger partial charge in [-0.3, -0.25) is 4.39 Å². The molecule has 6 heteroatoms. The number of benzene rings is 1. The lowest BCUT2D eigenvalue weighted by Crippen LogP contribution is -2.07. The van der Waals surface area contributed by atoms with Crippen LogP contribution in [0.3, 0.4) is 0 Å². The number of alkyl halides is 6. The maximum Gasteiger partial charge on any atom is 0.416 e. The molecule has 0 spiro atoms. The van der Waals surface area contributed by atoms with E-state index in [2.05, 4.69) is 0 Å². The highest BCUT2D eigenvalue weighted by Gasteiger charge is 2.52. The first-order valence-electron chi connectivity index (χ1n) is 5.39. The topological polar surface area (TPSA) is 0 Å². The van der Waals surface area contributed by atoms with Crippen LogP contribution in [-0.4, -0.2) is 11.0 Å². The molecule has 1 aliphatic carbocycles. The van der Waals surface area contributed by atoms with Gasteiger partial charge in [0.05, 0.1) is 12.2 Å². The average Bonchev–Trinajstić information content (AvgIpc) is 2.87. The number of hydrogen-bond acceptors (Lipinski definition) is 0. The van der Waals surface area contributed by atoms with Crippen LogP contribution < -0.4 is 0 Å². The zero-order valence-electron chi connectivity index (χ0n) is 9.20. The quantitative estimate of drug-likeness (QED) is 0.551. The van der Waals surface area contributed by atoms with Crippen molar-refractivity contribution in [3.8, 4) is 0 Å². The van der Waals surface area contributed by atoms with E-state index in [0.717, 1.165) is 12.1 Å². The highest BCUT2D eigenvalue weighted by Crippen LogP contribution is 2.59. The van der Waals surface area contributed by atoms with E-state index in [-0.39, 0.29) is 12.3 Å². The average molecular weight is 301 g/mol. The van der Waals surface area contributed by atoms with Gasteiger partial charge in [0.1, 0.15) is 4.33 Å². The summed E-state index contributed by atoms with van der Waals surface area (Å²) in [4.78, 5) is 0. The second-order valence-corrected chi connectivity index (χ2v) is 5.96. The van der Waals surface area contributed by atoms with Gasteiger partial charge < -0.3 is 0 Å². The van der Waals surface area contributed by atoms with Crippen LogP contribution in [0.25, 0.3) is 0 Å². The number of rotatable bonds is 3. The SMILES string of the molecule is FCCc1cc(C2CC2(Cl)Cl)cc(C(F)(F)F)c1. The number of hydrogen-bond donors (Lipinski definition) is 0. The Morgan fingerprint density at radius 2 is 1.83 bits per heavy atom. The molecule has 1 saturated carbocycles. The normalized spacial score (nSPS) is 22.0. The Labute approximate surface area is 112 Å². The monoisotopic (exact) mass is 300 g/mol. The van der Waals surface area contributed by atoms with Crippen molar-refractivity contribution in [3.05, 3.63) is 34.9 Å². The predicted octanol–water partition coefficient (Wildman–Crippen LogP) is 4.88. The molecule has 1 atom stereocenters. The lowest BCUT2D eigenvalue weighted by Gasteiger charge is -2.12. The smallest absolute Gasteiger partial charge is 0.251 e. The molecular weight excluding hydrogens is 291 g/mol. The third-order valence-electron chi connectivity index (χ3n) is 2.95. The molecule has 2 rings (SSSR count). The predicted molar refractivity (Wildman–Crippen MR) is 62.9 cm³/mol. The minimum Gasteiger partial charge on any atom is -0.251 e. The van der Waals surface area contributed by atoms with E-state index in [1.807, 2.05) is 0 Å². The molecule has 0 bridgehead atoms. The summed E-state index contributed by atoms with van der Waals surface area (Å²) in [6.45, 7) is -0.696. The summed E-state index contributed by atoms with van der Waals surface area (Å²) >= 11 is 11.7. The highest BCUT2D eigenvalue weighted by molar-refractivity contribution is 6.51. The van der Waals surface area contributed by atoms with Crippen LogP contribution in [0.4, 0.5) is 17.6 Å². The van der Waals surface area contributed by atoms with Crippen LogP contribution in [0.15, 0.2) is 18.2 Å². The fourth-order valence-electron chi connectivity index (χ4n) is 1.91. The minimum atomic E-state index is -4.45. The lowest BCUT2D eigenvalue weighted by molar-refractivity contribution is -0.137. The summed E-state index contributed by atoms with van der Waals surface area (Å²) in [6, 6.07) is 3.56. The van der Waals surface area contributed by atoms with Gasteiger partial charge in [-0.25, -0.2) is 0 Å². The van der Waals surface area contributed by atoms with E-state index >= 15 is 0 Å². The van der Waals surface area contributed by atoms with Crippen molar-refractivity contribution in [3.63, 3.8) is 0 Å². The summed E-state index contributed by atoms with van der Waals surface area (Å²) in [5.74, 6) is -0.304. The molecule has 0 radical (unpaired) electrons. The Balaban J connectivity index is 2.38. The number of halogens is 6. The Hall–Kier alpha value is -0.480. The maximum absolute atomic E-state index is 12.7. The zero-order valence-corrected chi connectivity index (χ0v) is 10.7. The molecule has 0 saturated heterocycles. The van der Waals surface area contributed by atoms with Crippen molar-refractivity contribution in [1.29, 1.82) is 0 Å². The van der Waals surface area contributed by atoms with Crippen molar-refractivity contribution >= 4 is 23.2 Å². The molecule has 100 valence electrons. The Morgan fingerprint density at radius 1 is 1.22 bits per heavy atom. The third kappa shape index (κ3) is 2.91. The van der Waals surface area contributed by atoms with Gasteiger partial charge in [-0.1, -0.05) is 6.07 Å². The summed E-state index contributed by atoms with van der Waals surface area (Å²) in [5, 5.41) is 0. The number of aryl methyl sites for hydroxylation is 1. The molecule has 1 unspecified atom stereocenters. The van der Waals surface area contributed by atoms with Crippen molar-refractivity contribution in [2.45, 2.75) is 29.3 Å².